The molecule has 168 valence electrons. The molecule has 4 aromatic rings. The Morgan fingerprint density at radius 1 is 0.909 bits per heavy atom. The minimum Gasteiger partial charge on any atom is -0.345 e. The predicted molar refractivity (Wildman–Crippen MR) is 130 cm³/mol. The molecule has 9 heteroatoms. The fourth-order valence-corrected chi connectivity index (χ4v) is 5.65. The number of hydrogen-bond acceptors (Lipinski definition) is 7. The smallest absolute Gasteiger partial charge is 0.227 e. The maximum absolute atomic E-state index is 12.8. The lowest BCUT2D eigenvalue weighted by atomic mass is 10.1. The molecule has 0 spiro atoms. The molecule has 0 aliphatic carbocycles. The molecule has 1 aliphatic rings. The first-order chi connectivity index (χ1) is 16.1. The van der Waals surface area contributed by atoms with Crippen LogP contribution in [0, 0.1) is 0 Å². The van der Waals surface area contributed by atoms with Crippen LogP contribution in [-0.2, 0) is 9.84 Å². The van der Waals surface area contributed by atoms with E-state index in [0.717, 1.165) is 40.9 Å². The number of aromatic amines is 1. The molecule has 3 heterocycles. The molecule has 2 aromatic carbocycles. The number of hydrogen-bond donors (Lipinski definition) is 3. The van der Waals surface area contributed by atoms with Gasteiger partial charge < -0.3 is 15.6 Å². The number of nitrogens with zero attached hydrogens (tertiary/aromatic N) is 3. The Kier molecular flexibility index (Phi) is 5.89. The molecule has 2 aromatic heterocycles. The molecule has 33 heavy (non-hydrogen) atoms. The number of rotatable bonds is 6. The number of nitrogens with one attached hydrogen (secondary N) is 3. The summed E-state index contributed by atoms with van der Waals surface area (Å²) in [5, 5.41) is 6.00. The average molecular weight is 461 g/mol. The summed E-state index contributed by atoms with van der Waals surface area (Å²) in [6, 6.07) is 12.8. The van der Waals surface area contributed by atoms with Crippen LogP contribution >= 0.6 is 0 Å². The summed E-state index contributed by atoms with van der Waals surface area (Å²) in [5.41, 5.74) is 4.56. The van der Waals surface area contributed by atoms with Crippen LogP contribution in [0.3, 0.4) is 0 Å². The summed E-state index contributed by atoms with van der Waals surface area (Å²) < 4.78 is 25.6. The van der Waals surface area contributed by atoms with Crippen LogP contribution in [0.25, 0.3) is 23.2 Å². The van der Waals surface area contributed by atoms with Crippen molar-refractivity contribution in [1.82, 2.24) is 25.3 Å². The van der Waals surface area contributed by atoms with Crippen molar-refractivity contribution in [3.63, 3.8) is 0 Å². The van der Waals surface area contributed by atoms with Gasteiger partial charge in [-0.3, -0.25) is 0 Å². The van der Waals surface area contributed by atoms with E-state index in [1.165, 1.54) is 0 Å². The number of piperidine rings is 1. The number of H-pyrrole nitrogens is 1. The average Bonchev–Trinajstić information content (AvgIpc) is 3.33. The van der Waals surface area contributed by atoms with Crippen LogP contribution in [0.15, 0.2) is 66.1 Å². The molecule has 0 radical (unpaired) electrons. The maximum Gasteiger partial charge on any atom is 0.227 e. The Hall–Kier alpha value is -3.56. The first kappa shape index (κ1) is 21.3. The van der Waals surface area contributed by atoms with E-state index in [-0.39, 0.29) is 5.25 Å². The van der Waals surface area contributed by atoms with Crippen LogP contribution in [0.4, 0.5) is 11.6 Å². The van der Waals surface area contributed by atoms with Gasteiger partial charge in [0.2, 0.25) is 5.95 Å². The fourth-order valence-electron chi connectivity index (χ4n) is 3.89. The van der Waals surface area contributed by atoms with Gasteiger partial charge in [0.1, 0.15) is 0 Å². The van der Waals surface area contributed by atoms with Gasteiger partial charge in [0.15, 0.2) is 9.84 Å². The van der Waals surface area contributed by atoms with Gasteiger partial charge in [-0.15, -0.1) is 0 Å². The van der Waals surface area contributed by atoms with E-state index in [9.17, 15) is 8.42 Å². The van der Waals surface area contributed by atoms with E-state index in [4.69, 9.17) is 0 Å². The van der Waals surface area contributed by atoms with Gasteiger partial charge in [-0.05, 0) is 67.9 Å². The highest BCUT2D eigenvalue weighted by molar-refractivity contribution is 7.92. The quantitative estimate of drug-likeness (QED) is 0.401. The van der Waals surface area contributed by atoms with Crippen molar-refractivity contribution in [2.24, 2.45) is 0 Å². The second-order valence-corrected chi connectivity index (χ2v) is 10.2. The Morgan fingerprint density at radius 3 is 2.39 bits per heavy atom. The summed E-state index contributed by atoms with van der Waals surface area (Å²) in [6.07, 6.45) is 10.4. The van der Waals surface area contributed by atoms with E-state index >= 15 is 0 Å². The van der Waals surface area contributed by atoms with Gasteiger partial charge in [-0.1, -0.05) is 18.2 Å². The van der Waals surface area contributed by atoms with Crippen LogP contribution in [-0.4, -0.2) is 46.7 Å². The number of imidazole rings is 1. The molecular weight excluding hydrogens is 436 g/mol. The summed E-state index contributed by atoms with van der Waals surface area (Å²) in [5.74, 6) is 0.444. The van der Waals surface area contributed by atoms with E-state index in [1.807, 2.05) is 30.4 Å². The minimum atomic E-state index is -3.31. The number of aromatic nitrogens is 4. The second-order valence-electron chi connectivity index (χ2n) is 8.00. The van der Waals surface area contributed by atoms with Crippen molar-refractivity contribution < 1.29 is 8.42 Å². The van der Waals surface area contributed by atoms with Crippen molar-refractivity contribution in [1.29, 1.82) is 0 Å². The molecule has 5 rings (SSSR count). The topological polar surface area (TPSA) is 113 Å². The molecule has 1 saturated heterocycles. The Labute approximate surface area is 192 Å². The first-order valence-corrected chi connectivity index (χ1v) is 12.4. The van der Waals surface area contributed by atoms with Crippen LogP contribution < -0.4 is 10.6 Å². The van der Waals surface area contributed by atoms with Crippen molar-refractivity contribution >= 4 is 44.7 Å². The molecule has 0 amide bonds. The second kappa shape index (κ2) is 9.13. The molecular formula is C24H24N6O2S. The molecule has 0 unspecified atom stereocenters. The van der Waals surface area contributed by atoms with Gasteiger partial charge in [0.05, 0.1) is 27.5 Å². The number of anilines is 2. The fraction of sp³-hybridized carbons (Fsp3) is 0.208. The monoisotopic (exact) mass is 460 g/mol. The van der Waals surface area contributed by atoms with E-state index in [2.05, 4.69) is 30.6 Å². The number of benzene rings is 2. The van der Waals surface area contributed by atoms with Gasteiger partial charge in [-0.2, -0.15) is 0 Å². The lowest BCUT2D eigenvalue weighted by molar-refractivity contribution is 0.496. The summed E-state index contributed by atoms with van der Waals surface area (Å²) >= 11 is 0. The van der Waals surface area contributed by atoms with Gasteiger partial charge in [0, 0.05) is 23.6 Å². The maximum atomic E-state index is 12.8. The molecule has 0 saturated carbocycles. The third kappa shape index (κ3) is 4.79. The van der Waals surface area contributed by atoms with Crippen LogP contribution in [0.2, 0.25) is 0 Å². The molecule has 8 nitrogen and oxygen atoms in total. The molecule has 0 bridgehead atoms. The van der Waals surface area contributed by atoms with Crippen molar-refractivity contribution in [3.05, 3.63) is 72.3 Å². The normalized spacial score (nSPS) is 15.3. The summed E-state index contributed by atoms with van der Waals surface area (Å²) in [7, 11) is -3.31. The SMILES string of the molecule is O=S(=O)(c1ccc(Nc2ncc(C=Cc3ccc4[nH]cnc4c3)cn2)cc1)C1CCNCC1. The zero-order valence-corrected chi connectivity index (χ0v) is 18.7. The van der Waals surface area contributed by atoms with E-state index in [1.54, 1.807) is 43.0 Å². The third-order valence-corrected chi connectivity index (χ3v) is 8.03. The predicted octanol–water partition coefficient (Wildman–Crippen LogP) is 3.79. The molecule has 3 N–H and O–H groups in total. The molecule has 1 fully saturated rings. The van der Waals surface area contributed by atoms with Crippen molar-refractivity contribution in [3.8, 4) is 0 Å². The molecule has 0 atom stereocenters. The lowest BCUT2D eigenvalue weighted by Gasteiger charge is -2.22. The Balaban J connectivity index is 1.23. The lowest BCUT2D eigenvalue weighted by Crippen LogP contribution is -2.35. The highest BCUT2D eigenvalue weighted by Crippen LogP contribution is 2.24. The number of sulfone groups is 1. The largest absolute Gasteiger partial charge is 0.345 e. The minimum absolute atomic E-state index is 0.317. The highest BCUT2D eigenvalue weighted by Gasteiger charge is 2.28. The van der Waals surface area contributed by atoms with Crippen LogP contribution in [0.1, 0.15) is 24.0 Å². The van der Waals surface area contributed by atoms with Crippen molar-refractivity contribution in [2.75, 3.05) is 18.4 Å². The van der Waals surface area contributed by atoms with Crippen LogP contribution in [0.5, 0.6) is 0 Å². The van der Waals surface area contributed by atoms with Gasteiger partial charge in [-0.25, -0.2) is 23.4 Å². The van der Waals surface area contributed by atoms with Gasteiger partial charge >= 0.3 is 0 Å². The summed E-state index contributed by atoms with van der Waals surface area (Å²) in [6.45, 7) is 1.48. The first-order valence-electron chi connectivity index (χ1n) is 10.8. The van der Waals surface area contributed by atoms with Gasteiger partial charge in [0.25, 0.3) is 0 Å². The van der Waals surface area contributed by atoms with Crippen molar-refractivity contribution in [2.45, 2.75) is 23.0 Å². The Morgan fingerprint density at radius 2 is 1.64 bits per heavy atom. The summed E-state index contributed by atoms with van der Waals surface area (Å²) in [4.78, 5) is 16.4. The Bertz CT molecular complexity index is 1370. The van der Waals surface area contributed by atoms with E-state index in [0.29, 0.717) is 23.7 Å². The highest BCUT2D eigenvalue weighted by atomic mass is 32.2. The zero-order valence-electron chi connectivity index (χ0n) is 17.9. The number of fused-ring (bicyclic) bond motifs is 1. The zero-order chi connectivity index (χ0) is 22.7. The third-order valence-electron chi connectivity index (χ3n) is 5.75. The molecule has 1 aliphatic heterocycles. The van der Waals surface area contributed by atoms with E-state index < -0.39 is 9.84 Å². The standard InChI is InChI=1S/C24H24N6O2S/c31-33(32,21-9-11-25-12-10-21)20-6-4-19(5-7-20)30-24-26-14-18(15-27-24)2-1-17-3-8-22-23(13-17)29-16-28-22/h1-8,13-16,21,25H,9-12H2,(H,28,29)(H,26,27,30).